The Kier molecular flexibility index (Phi) is 5.81. The van der Waals surface area contributed by atoms with Gasteiger partial charge in [0.15, 0.2) is 0 Å². The fourth-order valence-electron chi connectivity index (χ4n) is 3.24. The van der Waals surface area contributed by atoms with E-state index < -0.39 is 5.97 Å². The van der Waals surface area contributed by atoms with Crippen LogP contribution in [0.3, 0.4) is 0 Å². The first-order chi connectivity index (χ1) is 14.9. The van der Waals surface area contributed by atoms with Gasteiger partial charge in [-0.2, -0.15) is 5.10 Å². The highest BCUT2D eigenvalue weighted by atomic mass is 32.1. The van der Waals surface area contributed by atoms with E-state index in [1.54, 1.807) is 36.4 Å². The number of esters is 1. The molecule has 2 aromatic heterocycles. The van der Waals surface area contributed by atoms with E-state index in [9.17, 15) is 14.0 Å². The van der Waals surface area contributed by atoms with Crippen molar-refractivity contribution in [2.75, 3.05) is 7.11 Å². The molecule has 8 heteroatoms. The van der Waals surface area contributed by atoms with Crippen LogP contribution in [0.5, 0.6) is 0 Å². The normalized spacial score (nSPS) is 10.9. The molecule has 0 saturated carbocycles. The second-order valence-corrected chi connectivity index (χ2v) is 8.10. The van der Waals surface area contributed by atoms with Crippen LogP contribution in [0.4, 0.5) is 4.39 Å². The number of carbonyl (C=O) groups excluding carboxylic acids is 2. The molecule has 0 fully saturated rings. The highest BCUT2D eigenvalue weighted by Crippen LogP contribution is 2.29. The maximum Gasteiger partial charge on any atom is 0.337 e. The Bertz CT molecular complexity index is 1240. The Morgan fingerprint density at radius 3 is 2.45 bits per heavy atom. The lowest BCUT2D eigenvalue weighted by Gasteiger charge is -2.05. The van der Waals surface area contributed by atoms with Crippen LogP contribution in [0.2, 0.25) is 0 Å². The molecule has 6 nitrogen and oxygen atoms in total. The maximum atomic E-state index is 13.2. The number of nitrogens with one attached hydrogen (secondary N) is 1. The number of benzene rings is 2. The van der Waals surface area contributed by atoms with Gasteiger partial charge >= 0.3 is 5.97 Å². The molecular weight excluding hydrogens is 417 g/mol. The molecule has 0 unspecified atom stereocenters. The maximum absolute atomic E-state index is 13.2. The number of aryl methyl sites for hydroxylation is 1. The number of fused-ring (bicyclic) bond motifs is 1. The molecule has 4 aromatic rings. The lowest BCUT2D eigenvalue weighted by molar-refractivity contribution is 0.0600. The van der Waals surface area contributed by atoms with Crippen molar-refractivity contribution >= 4 is 33.4 Å². The zero-order valence-electron chi connectivity index (χ0n) is 17.0. The fourth-order valence-corrected chi connectivity index (χ4v) is 4.32. The number of aromatic nitrogens is 2. The molecule has 0 radical (unpaired) electrons. The number of ether oxygens (including phenoxy) is 1. The highest BCUT2D eigenvalue weighted by molar-refractivity contribution is 7.20. The van der Waals surface area contributed by atoms with Crippen LogP contribution in [0.25, 0.3) is 10.2 Å². The summed E-state index contributed by atoms with van der Waals surface area (Å²) in [7, 11) is 1.34. The topological polar surface area (TPSA) is 73.2 Å². The van der Waals surface area contributed by atoms with Gasteiger partial charge in [-0.1, -0.05) is 24.3 Å². The summed E-state index contributed by atoms with van der Waals surface area (Å²) >= 11 is 1.37. The first-order valence-corrected chi connectivity index (χ1v) is 10.4. The first kappa shape index (κ1) is 20.7. The van der Waals surface area contributed by atoms with Gasteiger partial charge in [-0.3, -0.25) is 9.48 Å². The molecule has 0 atom stereocenters. The molecule has 0 bridgehead atoms. The molecule has 0 saturated heterocycles. The number of halogens is 1. The minimum atomic E-state index is -0.397. The van der Waals surface area contributed by atoms with E-state index in [2.05, 4.69) is 15.2 Å². The Labute approximate surface area is 182 Å². The van der Waals surface area contributed by atoms with Crippen LogP contribution in [0.1, 0.15) is 36.9 Å². The quantitative estimate of drug-likeness (QED) is 0.456. The zero-order chi connectivity index (χ0) is 22.0. The van der Waals surface area contributed by atoms with Gasteiger partial charge in [-0.15, -0.1) is 11.3 Å². The van der Waals surface area contributed by atoms with E-state index in [1.807, 2.05) is 17.7 Å². The molecule has 4 rings (SSSR count). The van der Waals surface area contributed by atoms with Crippen molar-refractivity contribution in [3.8, 4) is 0 Å². The monoisotopic (exact) mass is 437 g/mol. The second kappa shape index (κ2) is 8.69. The molecule has 2 heterocycles. The van der Waals surface area contributed by atoms with Crippen molar-refractivity contribution in [3.05, 3.63) is 87.7 Å². The smallest absolute Gasteiger partial charge is 0.337 e. The summed E-state index contributed by atoms with van der Waals surface area (Å²) in [5.41, 5.74) is 3.11. The molecule has 0 aliphatic rings. The van der Waals surface area contributed by atoms with Crippen LogP contribution in [0, 0.1) is 12.7 Å². The van der Waals surface area contributed by atoms with E-state index in [-0.39, 0.29) is 11.7 Å². The van der Waals surface area contributed by atoms with Crippen molar-refractivity contribution in [3.63, 3.8) is 0 Å². The summed E-state index contributed by atoms with van der Waals surface area (Å²) in [6.07, 6.45) is 0. The van der Waals surface area contributed by atoms with E-state index >= 15 is 0 Å². The summed E-state index contributed by atoms with van der Waals surface area (Å²) in [6, 6.07) is 15.0. The predicted molar refractivity (Wildman–Crippen MR) is 117 cm³/mol. The van der Waals surface area contributed by atoms with Crippen LogP contribution in [-0.4, -0.2) is 28.8 Å². The summed E-state index contributed by atoms with van der Waals surface area (Å²) in [5.74, 6) is -0.850. The lowest BCUT2D eigenvalue weighted by atomic mass is 10.1. The fraction of sp³-hybridized carbons (Fsp3) is 0.174. The van der Waals surface area contributed by atoms with Gasteiger partial charge in [0.2, 0.25) is 0 Å². The van der Waals surface area contributed by atoms with Gasteiger partial charge in [0.05, 0.1) is 29.8 Å². The lowest BCUT2D eigenvalue weighted by Crippen LogP contribution is -2.21. The largest absolute Gasteiger partial charge is 0.465 e. The van der Waals surface area contributed by atoms with Gasteiger partial charge < -0.3 is 10.1 Å². The Balaban J connectivity index is 1.47. The molecular formula is C23H20FN3O3S. The van der Waals surface area contributed by atoms with Crippen molar-refractivity contribution in [1.82, 2.24) is 15.1 Å². The summed E-state index contributed by atoms with van der Waals surface area (Å²) < 4.78 is 19.7. The van der Waals surface area contributed by atoms with E-state index in [1.165, 1.54) is 30.6 Å². The molecule has 0 aliphatic carbocycles. The van der Waals surface area contributed by atoms with Crippen molar-refractivity contribution in [2.45, 2.75) is 20.0 Å². The van der Waals surface area contributed by atoms with E-state index in [0.717, 1.165) is 27.0 Å². The minimum Gasteiger partial charge on any atom is -0.465 e. The molecule has 158 valence electrons. The second-order valence-electron chi connectivity index (χ2n) is 7.07. The number of thiophene rings is 1. The summed E-state index contributed by atoms with van der Waals surface area (Å²) in [5, 5.41) is 8.39. The number of nitrogens with zero attached hydrogens (tertiary/aromatic N) is 2. The number of hydrogen-bond donors (Lipinski definition) is 1. The van der Waals surface area contributed by atoms with Gasteiger partial charge in [0, 0.05) is 11.9 Å². The Hall–Kier alpha value is -3.52. The SMILES string of the molecule is COC(=O)c1ccc(CNC(=O)c2cc3c(C)nn(Cc4ccc(F)cc4)c3s2)cc1. The summed E-state index contributed by atoms with van der Waals surface area (Å²) in [6.45, 7) is 2.74. The van der Waals surface area contributed by atoms with Gasteiger partial charge in [-0.05, 0) is 48.4 Å². The molecule has 1 N–H and O–H groups in total. The highest BCUT2D eigenvalue weighted by Gasteiger charge is 2.16. The number of methoxy groups -OCH3 is 1. The van der Waals surface area contributed by atoms with Crippen LogP contribution in [0.15, 0.2) is 54.6 Å². The van der Waals surface area contributed by atoms with Crippen molar-refractivity contribution in [2.24, 2.45) is 0 Å². The number of rotatable bonds is 6. The third kappa shape index (κ3) is 4.49. The molecule has 31 heavy (non-hydrogen) atoms. The van der Waals surface area contributed by atoms with Crippen LogP contribution < -0.4 is 5.32 Å². The Morgan fingerprint density at radius 1 is 1.10 bits per heavy atom. The molecule has 0 spiro atoms. The number of amides is 1. The standard InChI is InChI=1S/C23H20FN3O3S/c1-14-19-11-20(21(28)25-12-15-3-7-17(8-4-15)23(29)30-2)31-22(19)27(26-14)13-16-5-9-18(24)10-6-16/h3-11H,12-13H2,1-2H3,(H,25,28). The average Bonchev–Trinajstić information content (AvgIpc) is 3.35. The predicted octanol–water partition coefficient (Wildman–Crippen LogP) is 4.31. The van der Waals surface area contributed by atoms with Gasteiger partial charge in [0.1, 0.15) is 10.6 Å². The Morgan fingerprint density at radius 2 is 1.77 bits per heavy atom. The van der Waals surface area contributed by atoms with Crippen LogP contribution in [-0.2, 0) is 17.8 Å². The van der Waals surface area contributed by atoms with Gasteiger partial charge in [-0.25, -0.2) is 9.18 Å². The average molecular weight is 437 g/mol. The number of hydrogen-bond acceptors (Lipinski definition) is 5. The molecule has 2 aromatic carbocycles. The van der Waals surface area contributed by atoms with Crippen LogP contribution >= 0.6 is 11.3 Å². The van der Waals surface area contributed by atoms with Crippen molar-refractivity contribution < 1.29 is 18.7 Å². The van der Waals surface area contributed by atoms with E-state index in [0.29, 0.717) is 23.5 Å². The molecule has 1 amide bonds. The first-order valence-electron chi connectivity index (χ1n) is 9.61. The zero-order valence-corrected chi connectivity index (χ0v) is 17.8. The van der Waals surface area contributed by atoms with Crippen molar-refractivity contribution in [1.29, 1.82) is 0 Å². The summed E-state index contributed by atoms with van der Waals surface area (Å²) in [4.78, 5) is 25.7. The number of carbonyl (C=O) groups is 2. The third-order valence-electron chi connectivity index (χ3n) is 4.90. The van der Waals surface area contributed by atoms with Gasteiger partial charge in [0.25, 0.3) is 5.91 Å². The third-order valence-corrected chi connectivity index (χ3v) is 6.05. The minimum absolute atomic E-state index is 0.175. The molecule has 0 aliphatic heterocycles. The van der Waals surface area contributed by atoms with E-state index in [4.69, 9.17) is 0 Å².